The Hall–Kier alpha value is -1.59. The van der Waals surface area contributed by atoms with E-state index in [0.717, 1.165) is 69.6 Å². The smallest absolute Gasteiger partial charge is 0.306 e. The Labute approximate surface area is 342 Å². The average Bonchev–Trinajstić information content (AvgIpc) is 3.17. The first-order valence-corrected chi connectivity index (χ1v) is 24.3. The lowest BCUT2D eigenvalue weighted by Gasteiger charge is -2.18. The molecule has 55 heavy (non-hydrogen) atoms. The summed E-state index contributed by atoms with van der Waals surface area (Å²) in [5, 5.41) is 0. The lowest BCUT2D eigenvalue weighted by Crippen LogP contribution is -2.30. The maximum atomic E-state index is 12.7. The Balaban J connectivity index is 4.22. The van der Waals surface area contributed by atoms with E-state index >= 15 is 0 Å². The number of carbonyl (C=O) groups is 3. The van der Waals surface area contributed by atoms with Gasteiger partial charge in [-0.3, -0.25) is 14.4 Å². The van der Waals surface area contributed by atoms with Crippen LogP contribution in [0.5, 0.6) is 0 Å². The van der Waals surface area contributed by atoms with E-state index in [0.29, 0.717) is 19.3 Å². The number of carbonyl (C=O) groups excluding carboxylic acids is 3. The van der Waals surface area contributed by atoms with Crippen LogP contribution in [0, 0.1) is 11.8 Å². The third kappa shape index (κ3) is 41.9. The number of hydrogen-bond donors (Lipinski definition) is 0. The van der Waals surface area contributed by atoms with Gasteiger partial charge in [0.25, 0.3) is 0 Å². The predicted octanol–water partition coefficient (Wildman–Crippen LogP) is 15.4. The molecule has 0 aliphatic heterocycles. The minimum absolute atomic E-state index is 0.0651. The van der Waals surface area contributed by atoms with Crippen LogP contribution in [0.1, 0.15) is 266 Å². The van der Waals surface area contributed by atoms with E-state index in [1.807, 2.05) is 0 Å². The van der Waals surface area contributed by atoms with Gasteiger partial charge in [0.15, 0.2) is 6.10 Å². The summed E-state index contributed by atoms with van der Waals surface area (Å²) in [6, 6.07) is 0. The molecule has 0 spiro atoms. The van der Waals surface area contributed by atoms with Gasteiger partial charge in [-0.15, -0.1) is 0 Å². The highest BCUT2D eigenvalue weighted by molar-refractivity contribution is 5.71. The molecule has 6 heteroatoms. The first-order valence-electron chi connectivity index (χ1n) is 24.3. The molecule has 0 N–H and O–H groups in total. The van der Waals surface area contributed by atoms with E-state index in [1.165, 1.54) is 154 Å². The predicted molar refractivity (Wildman–Crippen MR) is 233 cm³/mol. The molecular weight excluding hydrogens is 685 g/mol. The van der Waals surface area contributed by atoms with Gasteiger partial charge in [0.05, 0.1) is 0 Å². The first kappa shape index (κ1) is 53.4. The minimum atomic E-state index is -0.760. The Morgan fingerprint density at radius 1 is 0.382 bits per heavy atom. The number of esters is 3. The Kier molecular flexibility index (Phi) is 40.8. The van der Waals surface area contributed by atoms with Crippen molar-refractivity contribution in [1.29, 1.82) is 0 Å². The zero-order chi connectivity index (χ0) is 40.5. The van der Waals surface area contributed by atoms with Gasteiger partial charge < -0.3 is 14.2 Å². The lowest BCUT2D eigenvalue weighted by atomic mass is 9.99. The van der Waals surface area contributed by atoms with Crippen molar-refractivity contribution in [2.75, 3.05) is 13.2 Å². The molecule has 326 valence electrons. The fourth-order valence-electron chi connectivity index (χ4n) is 7.25. The number of rotatable bonds is 43. The quantitative estimate of drug-likeness (QED) is 0.0348. The van der Waals surface area contributed by atoms with Crippen LogP contribution in [-0.4, -0.2) is 37.2 Å². The van der Waals surface area contributed by atoms with Crippen LogP contribution in [-0.2, 0) is 28.6 Å². The van der Waals surface area contributed by atoms with Crippen molar-refractivity contribution in [3.8, 4) is 0 Å². The second-order valence-corrected chi connectivity index (χ2v) is 17.5. The molecule has 0 aliphatic carbocycles. The third-order valence-corrected chi connectivity index (χ3v) is 11.3. The van der Waals surface area contributed by atoms with Gasteiger partial charge in [0.2, 0.25) is 0 Å². The summed E-state index contributed by atoms with van der Waals surface area (Å²) in [4.78, 5) is 37.7. The standard InChI is InChI=1S/C49H94O6/c1-6-8-9-10-22-29-34-39-47(50)53-42-46(43-54-48(51)40-35-30-25-21-20-24-28-33-38-45(5)7-2)55-49(52)41-36-31-26-19-17-15-13-11-12-14-16-18-23-27-32-37-44(3)4/h44-46H,6-43H2,1-5H3/t45?,46-/m0/s1. The van der Waals surface area contributed by atoms with Crippen molar-refractivity contribution < 1.29 is 28.6 Å². The number of unbranched alkanes of at least 4 members (excludes halogenated alkanes) is 27. The third-order valence-electron chi connectivity index (χ3n) is 11.3. The molecule has 0 aliphatic rings. The summed E-state index contributed by atoms with van der Waals surface area (Å²) in [5.41, 5.74) is 0. The van der Waals surface area contributed by atoms with Crippen LogP contribution in [0.15, 0.2) is 0 Å². The Morgan fingerprint density at radius 3 is 1.04 bits per heavy atom. The molecular formula is C49H94O6. The fraction of sp³-hybridized carbons (Fsp3) is 0.939. The summed E-state index contributed by atoms with van der Waals surface area (Å²) in [5.74, 6) is 0.836. The lowest BCUT2D eigenvalue weighted by molar-refractivity contribution is -0.167. The van der Waals surface area contributed by atoms with E-state index in [9.17, 15) is 14.4 Å². The molecule has 0 bridgehead atoms. The van der Waals surface area contributed by atoms with Gasteiger partial charge >= 0.3 is 17.9 Å². The second-order valence-electron chi connectivity index (χ2n) is 17.5. The highest BCUT2D eigenvalue weighted by atomic mass is 16.6. The summed E-state index contributed by atoms with van der Waals surface area (Å²) >= 11 is 0. The van der Waals surface area contributed by atoms with E-state index in [2.05, 4.69) is 34.6 Å². The van der Waals surface area contributed by atoms with Crippen LogP contribution in [0.25, 0.3) is 0 Å². The van der Waals surface area contributed by atoms with Gasteiger partial charge in [-0.1, -0.05) is 227 Å². The molecule has 6 nitrogen and oxygen atoms in total. The highest BCUT2D eigenvalue weighted by Crippen LogP contribution is 2.17. The molecule has 2 atom stereocenters. The maximum absolute atomic E-state index is 12.7. The van der Waals surface area contributed by atoms with Gasteiger partial charge in [-0.05, 0) is 31.1 Å². The van der Waals surface area contributed by atoms with Gasteiger partial charge in [-0.2, -0.15) is 0 Å². The van der Waals surface area contributed by atoms with E-state index in [-0.39, 0.29) is 31.1 Å². The van der Waals surface area contributed by atoms with Crippen LogP contribution in [0.3, 0.4) is 0 Å². The first-order chi connectivity index (χ1) is 26.8. The van der Waals surface area contributed by atoms with Crippen molar-refractivity contribution >= 4 is 17.9 Å². The van der Waals surface area contributed by atoms with Crippen molar-refractivity contribution in [2.45, 2.75) is 272 Å². The van der Waals surface area contributed by atoms with Crippen molar-refractivity contribution in [1.82, 2.24) is 0 Å². The van der Waals surface area contributed by atoms with Crippen LogP contribution in [0.4, 0.5) is 0 Å². The van der Waals surface area contributed by atoms with E-state index in [1.54, 1.807) is 0 Å². The molecule has 0 rings (SSSR count). The van der Waals surface area contributed by atoms with Crippen molar-refractivity contribution in [3.63, 3.8) is 0 Å². The molecule has 0 fully saturated rings. The average molecular weight is 779 g/mol. The summed E-state index contributed by atoms with van der Waals surface area (Å²) in [6.07, 6.45) is 41.0. The molecule has 0 heterocycles. The second kappa shape index (κ2) is 42.0. The molecule has 0 saturated heterocycles. The Morgan fingerprint density at radius 2 is 0.691 bits per heavy atom. The number of hydrogen-bond acceptors (Lipinski definition) is 6. The Bertz CT molecular complexity index is 841. The molecule has 0 saturated carbocycles. The molecule has 1 unspecified atom stereocenters. The van der Waals surface area contributed by atoms with E-state index < -0.39 is 6.10 Å². The van der Waals surface area contributed by atoms with Gasteiger partial charge in [0, 0.05) is 19.3 Å². The molecule has 0 radical (unpaired) electrons. The van der Waals surface area contributed by atoms with Gasteiger partial charge in [-0.25, -0.2) is 0 Å². The SMILES string of the molecule is CCCCCCCCCC(=O)OC[C@@H](COC(=O)CCCCCCCCCCC(C)CC)OC(=O)CCCCCCCCCCCCCCCCCC(C)C. The normalized spacial score (nSPS) is 12.5. The maximum Gasteiger partial charge on any atom is 0.306 e. The zero-order valence-electron chi connectivity index (χ0n) is 37.6. The topological polar surface area (TPSA) is 78.9 Å². The number of ether oxygens (including phenoxy) is 3. The molecule has 0 aromatic heterocycles. The molecule has 0 amide bonds. The zero-order valence-corrected chi connectivity index (χ0v) is 37.6. The van der Waals surface area contributed by atoms with Crippen molar-refractivity contribution in [2.24, 2.45) is 11.8 Å². The monoisotopic (exact) mass is 779 g/mol. The van der Waals surface area contributed by atoms with Crippen LogP contribution in [0.2, 0.25) is 0 Å². The van der Waals surface area contributed by atoms with Crippen LogP contribution >= 0.6 is 0 Å². The van der Waals surface area contributed by atoms with Gasteiger partial charge in [0.1, 0.15) is 13.2 Å². The largest absolute Gasteiger partial charge is 0.462 e. The summed E-state index contributed by atoms with van der Waals surface area (Å²) in [7, 11) is 0. The fourth-order valence-corrected chi connectivity index (χ4v) is 7.25. The summed E-state index contributed by atoms with van der Waals surface area (Å²) < 4.78 is 16.7. The van der Waals surface area contributed by atoms with Crippen LogP contribution < -0.4 is 0 Å². The minimum Gasteiger partial charge on any atom is -0.462 e. The molecule has 0 aromatic carbocycles. The van der Waals surface area contributed by atoms with E-state index in [4.69, 9.17) is 14.2 Å². The summed E-state index contributed by atoms with van der Waals surface area (Å²) in [6.45, 7) is 11.3. The van der Waals surface area contributed by atoms with Crippen molar-refractivity contribution in [3.05, 3.63) is 0 Å². The molecule has 0 aromatic rings. The highest BCUT2D eigenvalue weighted by Gasteiger charge is 2.19.